The molecule has 4 fully saturated rings. The maximum absolute atomic E-state index is 13.2. The smallest absolute Gasteiger partial charge is 0.253 e. The molecule has 7 rings (SSSR count). The van der Waals surface area contributed by atoms with Crippen molar-refractivity contribution in [3.8, 4) is 0 Å². The summed E-state index contributed by atoms with van der Waals surface area (Å²) in [6.07, 6.45) is 3.21. The average molecular weight is 591 g/mol. The van der Waals surface area contributed by atoms with Gasteiger partial charge in [0, 0.05) is 61.2 Å². The Labute approximate surface area is 257 Å². The van der Waals surface area contributed by atoms with Crippen molar-refractivity contribution in [3.63, 3.8) is 0 Å². The SMILES string of the molecule is O=C(N[C@H]1C[C@@H]1c1ccccc1)[C@H]1CCN(C(=O)c2ccc(C(=O)N3CC[C@H](C(=O)N[C@H]4C[C@@H]4c4ccccc4)C3)cc2)C1. The van der Waals surface area contributed by atoms with Crippen LogP contribution in [0.5, 0.6) is 0 Å². The van der Waals surface area contributed by atoms with Crippen LogP contribution in [-0.2, 0) is 9.59 Å². The molecule has 226 valence electrons. The van der Waals surface area contributed by atoms with E-state index < -0.39 is 0 Å². The summed E-state index contributed by atoms with van der Waals surface area (Å²) in [6.45, 7) is 1.87. The number of nitrogens with one attached hydrogen (secondary N) is 2. The first-order chi connectivity index (χ1) is 21.4. The van der Waals surface area contributed by atoms with Gasteiger partial charge in [-0.25, -0.2) is 0 Å². The van der Waals surface area contributed by atoms with Gasteiger partial charge in [0.25, 0.3) is 11.8 Å². The molecule has 2 aliphatic heterocycles. The lowest BCUT2D eigenvalue weighted by Gasteiger charge is -2.18. The fourth-order valence-corrected chi connectivity index (χ4v) is 6.89. The summed E-state index contributed by atoms with van der Waals surface area (Å²) in [7, 11) is 0. The molecular formula is C36H38N4O4. The predicted octanol–water partition coefficient (Wildman–Crippen LogP) is 3.96. The first-order valence-corrected chi connectivity index (χ1v) is 15.8. The quantitative estimate of drug-likeness (QED) is 0.415. The molecule has 6 atom stereocenters. The fraction of sp³-hybridized carbons (Fsp3) is 0.389. The van der Waals surface area contributed by atoms with E-state index >= 15 is 0 Å². The summed E-state index contributed by atoms with van der Waals surface area (Å²) in [6, 6.07) is 27.6. The molecule has 0 radical (unpaired) electrons. The molecule has 2 N–H and O–H groups in total. The molecule has 4 amide bonds. The van der Waals surface area contributed by atoms with Gasteiger partial charge in [0.1, 0.15) is 0 Å². The van der Waals surface area contributed by atoms with Crippen LogP contribution in [0.1, 0.15) is 69.4 Å². The lowest BCUT2D eigenvalue weighted by Crippen LogP contribution is -2.36. The number of carbonyl (C=O) groups is 4. The van der Waals surface area contributed by atoms with Crippen LogP contribution < -0.4 is 10.6 Å². The highest BCUT2D eigenvalue weighted by molar-refractivity contribution is 5.98. The molecule has 2 saturated heterocycles. The molecule has 0 unspecified atom stereocenters. The molecule has 8 heteroatoms. The van der Waals surface area contributed by atoms with Crippen molar-refractivity contribution in [3.05, 3.63) is 107 Å². The summed E-state index contributed by atoms with van der Waals surface area (Å²) < 4.78 is 0. The highest BCUT2D eigenvalue weighted by Gasteiger charge is 2.43. The van der Waals surface area contributed by atoms with E-state index in [2.05, 4.69) is 34.9 Å². The van der Waals surface area contributed by atoms with Crippen LogP contribution in [-0.4, -0.2) is 71.7 Å². The number of hydrogen-bond donors (Lipinski definition) is 2. The Hall–Kier alpha value is -4.46. The van der Waals surface area contributed by atoms with Crippen molar-refractivity contribution in [2.45, 2.75) is 49.6 Å². The Bertz CT molecular complexity index is 1430. The van der Waals surface area contributed by atoms with E-state index in [1.165, 1.54) is 11.1 Å². The van der Waals surface area contributed by atoms with E-state index in [-0.39, 0.29) is 47.5 Å². The summed E-state index contributed by atoms with van der Waals surface area (Å²) in [5, 5.41) is 6.35. The van der Waals surface area contributed by atoms with Gasteiger partial charge >= 0.3 is 0 Å². The Kier molecular flexibility index (Phi) is 7.66. The number of benzene rings is 3. The second-order valence-electron chi connectivity index (χ2n) is 12.8. The molecule has 4 aliphatic rings. The average Bonchev–Trinajstić information content (AvgIpc) is 3.87. The topological polar surface area (TPSA) is 98.8 Å². The van der Waals surface area contributed by atoms with Crippen molar-refractivity contribution < 1.29 is 19.2 Å². The van der Waals surface area contributed by atoms with Crippen molar-refractivity contribution in [2.75, 3.05) is 26.2 Å². The molecule has 0 spiro atoms. The number of rotatable bonds is 8. The number of likely N-dealkylation sites (tertiary alicyclic amines) is 2. The lowest BCUT2D eigenvalue weighted by molar-refractivity contribution is -0.125. The van der Waals surface area contributed by atoms with Crippen LogP contribution in [0.3, 0.4) is 0 Å². The molecule has 0 aromatic heterocycles. The Morgan fingerprint density at radius 2 is 0.932 bits per heavy atom. The minimum Gasteiger partial charge on any atom is -0.352 e. The molecule has 2 aliphatic carbocycles. The maximum Gasteiger partial charge on any atom is 0.253 e. The van der Waals surface area contributed by atoms with Crippen LogP contribution >= 0.6 is 0 Å². The zero-order chi connectivity index (χ0) is 30.2. The molecule has 44 heavy (non-hydrogen) atoms. The molecule has 2 saturated carbocycles. The Morgan fingerprint density at radius 3 is 1.32 bits per heavy atom. The fourth-order valence-electron chi connectivity index (χ4n) is 6.89. The van der Waals surface area contributed by atoms with Gasteiger partial charge in [-0.05, 0) is 61.1 Å². The minimum absolute atomic E-state index is 0.0235. The van der Waals surface area contributed by atoms with Gasteiger partial charge < -0.3 is 20.4 Å². The second kappa shape index (κ2) is 11.9. The van der Waals surface area contributed by atoms with Gasteiger partial charge in [-0.3, -0.25) is 19.2 Å². The highest BCUT2D eigenvalue weighted by atomic mass is 16.2. The van der Waals surface area contributed by atoms with E-state index in [1.807, 2.05) is 36.4 Å². The standard InChI is InChI=1S/C36H38N4O4/c41-33(37-31-19-29(31)23-7-3-1-4-8-23)27-15-17-39(21-27)35(43)25-11-13-26(14-12-25)36(44)40-18-16-28(22-40)34(42)38-32-20-30(32)24-9-5-2-6-10-24/h1-14,27-32H,15-22H2,(H,37,41)(H,38,42)/t27-,28-,29+,30+,31-,32-/m0/s1. The maximum atomic E-state index is 13.2. The third kappa shape index (κ3) is 5.98. The summed E-state index contributed by atoms with van der Waals surface area (Å²) >= 11 is 0. The lowest BCUT2D eigenvalue weighted by atomic mass is 10.1. The molecule has 3 aromatic carbocycles. The van der Waals surface area contributed by atoms with Crippen LogP contribution in [0.15, 0.2) is 84.9 Å². The van der Waals surface area contributed by atoms with Crippen LogP contribution in [0.25, 0.3) is 0 Å². The molecule has 8 nitrogen and oxygen atoms in total. The monoisotopic (exact) mass is 590 g/mol. The van der Waals surface area contributed by atoms with Gasteiger partial charge in [-0.1, -0.05) is 60.7 Å². The van der Waals surface area contributed by atoms with Gasteiger partial charge in [0.15, 0.2) is 0 Å². The summed E-state index contributed by atoms with van der Waals surface area (Å²) in [4.78, 5) is 55.7. The zero-order valence-electron chi connectivity index (χ0n) is 24.7. The van der Waals surface area contributed by atoms with Gasteiger partial charge in [0.05, 0.1) is 11.8 Å². The normalized spacial score (nSPS) is 27.1. The van der Waals surface area contributed by atoms with Gasteiger partial charge in [-0.15, -0.1) is 0 Å². The number of amides is 4. The van der Waals surface area contributed by atoms with E-state index in [9.17, 15) is 19.2 Å². The highest BCUT2D eigenvalue weighted by Crippen LogP contribution is 2.42. The van der Waals surface area contributed by atoms with Gasteiger partial charge in [0.2, 0.25) is 11.8 Å². The predicted molar refractivity (Wildman–Crippen MR) is 166 cm³/mol. The van der Waals surface area contributed by atoms with E-state index in [1.54, 1.807) is 34.1 Å². The first kappa shape index (κ1) is 28.3. The van der Waals surface area contributed by atoms with Crippen LogP contribution in [0, 0.1) is 11.8 Å². The second-order valence-corrected chi connectivity index (χ2v) is 12.8. The van der Waals surface area contributed by atoms with E-state index in [4.69, 9.17) is 0 Å². The summed E-state index contributed by atoms with van der Waals surface area (Å²) in [5.41, 5.74) is 3.52. The van der Waals surface area contributed by atoms with Crippen LogP contribution in [0.4, 0.5) is 0 Å². The van der Waals surface area contributed by atoms with Crippen molar-refractivity contribution in [1.29, 1.82) is 0 Å². The van der Waals surface area contributed by atoms with Crippen molar-refractivity contribution in [2.24, 2.45) is 11.8 Å². The summed E-state index contributed by atoms with van der Waals surface area (Å²) in [5.74, 6) is 0.131. The van der Waals surface area contributed by atoms with E-state index in [0.29, 0.717) is 62.0 Å². The first-order valence-electron chi connectivity index (χ1n) is 15.8. The van der Waals surface area contributed by atoms with E-state index in [0.717, 1.165) is 12.8 Å². The number of nitrogens with zero attached hydrogens (tertiary/aromatic N) is 2. The Balaban J connectivity index is 0.870. The van der Waals surface area contributed by atoms with Gasteiger partial charge in [-0.2, -0.15) is 0 Å². The third-order valence-corrected chi connectivity index (χ3v) is 9.76. The number of carbonyl (C=O) groups excluding carboxylic acids is 4. The number of hydrogen-bond acceptors (Lipinski definition) is 4. The molecule has 2 heterocycles. The van der Waals surface area contributed by atoms with Crippen molar-refractivity contribution >= 4 is 23.6 Å². The van der Waals surface area contributed by atoms with Crippen molar-refractivity contribution in [1.82, 2.24) is 20.4 Å². The largest absolute Gasteiger partial charge is 0.352 e. The third-order valence-electron chi connectivity index (χ3n) is 9.76. The Morgan fingerprint density at radius 1 is 0.545 bits per heavy atom. The molecule has 3 aromatic rings. The molecular weight excluding hydrogens is 552 g/mol. The zero-order valence-corrected chi connectivity index (χ0v) is 24.7. The minimum atomic E-state index is -0.207. The molecule has 0 bridgehead atoms. The van der Waals surface area contributed by atoms with Crippen LogP contribution in [0.2, 0.25) is 0 Å².